The van der Waals surface area contributed by atoms with Crippen LogP contribution in [-0.2, 0) is 13.5 Å². The predicted octanol–water partition coefficient (Wildman–Crippen LogP) is 2.74. The second-order valence-corrected chi connectivity index (χ2v) is 4.99. The molecule has 2 heterocycles. The molecule has 0 saturated carbocycles. The molecule has 4 nitrogen and oxygen atoms in total. The van der Waals surface area contributed by atoms with E-state index < -0.39 is 0 Å². The molecule has 0 unspecified atom stereocenters. The van der Waals surface area contributed by atoms with Crippen molar-refractivity contribution in [2.45, 2.75) is 19.8 Å². The van der Waals surface area contributed by atoms with Gasteiger partial charge in [0, 0.05) is 25.5 Å². The zero-order valence-corrected chi connectivity index (χ0v) is 12.5. The highest BCUT2D eigenvalue weighted by Gasteiger charge is 2.25. The molecule has 1 aliphatic rings. The van der Waals surface area contributed by atoms with Crippen LogP contribution in [0.25, 0.3) is 0 Å². The minimum absolute atomic E-state index is 0. The highest BCUT2D eigenvalue weighted by atomic mass is 35.5. The second kappa shape index (κ2) is 5.67. The molecule has 1 aromatic heterocycles. The van der Waals surface area contributed by atoms with Crippen LogP contribution in [-0.4, -0.2) is 22.2 Å². The van der Waals surface area contributed by atoms with Crippen LogP contribution >= 0.6 is 12.4 Å². The summed E-state index contributed by atoms with van der Waals surface area (Å²) >= 11 is 0. The van der Waals surface area contributed by atoms with E-state index in [0.29, 0.717) is 5.56 Å². The summed E-state index contributed by atoms with van der Waals surface area (Å²) in [7, 11) is 1.84. The Morgan fingerprint density at radius 3 is 2.75 bits per heavy atom. The predicted molar refractivity (Wildman–Crippen MR) is 81.6 cm³/mol. The van der Waals surface area contributed by atoms with Gasteiger partial charge in [0.15, 0.2) is 0 Å². The van der Waals surface area contributed by atoms with Crippen LogP contribution < -0.4 is 4.90 Å². The molecule has 106 valence electrons. The number of fused-ring (bicyclic) bond motifs is 1. The first-order chi connectivity index (χ1) is 9.16. The fourth-order valence-electron chi connectivity index (χ4n) is 2.70. The summed E-state index contributed by atoms with van der Waals surface area (Å²) in [6.07, 6.45) is 3.86. The minimum Gasteiger partial charge on any atom is -0.308 e. The Kier molecular flexibility index (Phi) is 4.14. The number of hydrogen-bond donors (Lipinski definition) is 0. The Hall–Kier alpha value is -1.81. The molecule has 1 aliphatic heterocycles. The topological polar surface area (TPSA) is 38.1 Å². The summed E-state index contributed by atoms with van der Waals surface area (Å²) in [6, 6.07) is 8.14. The van der Waals surface area contributed by atoms with Crippen LogP contribution in [0.5, 0.6) is 0 Å². The van der Waals surface area contributed by atoms with E-state index in [2.05, 4.69) is 11.2 Å². The summed E-state index contributed by atoms with van der Waals surface area (Å²) in [5, 5.41) is 4.25. The third-order valence-corrected chi connectivity index (χ3v) is 3.60. The summed E-state index contributed by atoms with van der Waals surface area (Å²) in [4.78, 5) is 14.5. The molecule has 0 spiro atoms. The Morgan fingerprint density at radius 2 is 2.05 bits per heavy atom. The minimum atomic E-state index is 0. The molecule has 2 aromatic rings. The molecular weight excluding hydrogens is 274 g/mol. The van der Waals surface area contributed by atoms with Gasteiger partial charge in [-0.05, 0) is 31.4 Å². The van der Waals surface area contributed by atoms with E-state index in [1.54, 1.807) is 10.9 Å². The Morgan fingerprint density at radius 1 is 1.30 bits per heavy atom. The van der Waals surface area contributed by atoms with Crippen LogP contribution in [0.1, 0.15) is 28.0 Å². The number of rotatable bonds is 1. The van der Waals surface area contributed by atoms with E-state index in [4.69, 9.17) is 0 Å². The first kappa shape index (κ1) is 14.6. The molecule has 0 N–H and O–H groups in total. The zero-order valence-electron chi connectivity index (χ0n) is 11.7. The lowest BCUT2D eigenvalue weighted by molar-refractivity contribution is 0.0984. The van der Waals surface area contributed by atoms with Gasteiger partial charge in [0.2, 0.25) is 0 Å². The number of nitrogens with zero attached hydrogens (tertiary/aromatic N) is 3. The van der Waals surface area contributed by atoms with Crippen LogP contribution in [0, 0.1) is 6.92 Å². The number of anilines is 1. The van der Waals surface area contributed by atoms with Crippen molar-refractivity contribution in [1.82, 2.24) is 9.78 Å². The lowest BCUT2D eigenvalue weighted by atomic mass is 10.0. The SMILES string of the molecule is Cc1nn(C)cc1C(=O)N1CCCc2ccccc21.Cl. The normalized spacial score (nSPS) is 13.6. The average Bonchev–Trinajstić information content (AvgIpc) is 2.76. The van der Waals surface area contributed by atoms with Gasteiger partial charge in [-0.2, -0.15) is 5.10 Å². The lowest BCUT2D eigenvalue weighted by Crippen LogP contribution is -2.35. The van der Waals surface area contributed by atoms with E-state index in [0.717, 1.165) is 30.8 Å². The first-order valence-electron chi connectivity index (χ1n) is 6.57. The van der Waals surface area contributed by atoms with E-state index in [1.807, 2.05) is 37.1 Å². The molecule has 20 heavy (non-hydrogen) atoms. The highest BCUT2D eigenvalue weighted by Crippen LogP contribution is 2.28. The second-order valence-electron chi connectivity index (χ2n) is 4.99. The van der Waals surface area contributed by atoms with Crippen molar-refractivity contribution < 1.29 is 4.79 Å². The Bertz CT molecular complexity index is 636. The van der Waals surface area contributed by atoms with E-state index in [9.17, 15) is 4.79 Å². The van der Waals surface area contributed by atoms with Crippen LogP contribution in [0.3, 0.4) is 0 Å². The van der Waals surface area contributed by atoms with Crippen molar-refractivity contribution in [2.75, 3.05) is 11.4 Å². The van der Waals surface area contributed by atoms with Gasteiger partial charge in [0.05, 0.1) is 11.3 Å². The maximum absolute atomic E-state index is 12.7. The summed E-state index contributed by atoms with van der Waals surface area (Å²) < 4.78 is 1.69. The fraction of sp³-hybridized carbons (Fsp3) is 0.333. The van der Waals surface area contributed by atoms with Crippen molar-refractivity contribution in [3.05, 3.63) is 47.3 Å². The van der Waals surface area contributed by atoms with Gasteiger partial charge in [-0.1, -0.05) is 18.2 Å². The molecule has 0 bridgehead atoms. The highest BCUT2D eigenvalue weighted by molar-refractivity contribution is 6.07. The van der Waals surface area contributed by atoms with Crippen molar-refractivity contribution in [3.8, 4) is 0 Å². The largest absolute Gasteiger partial charge is 0.308 e. The van der Waals surface area contributed by atoms with Crippen molar-refractivity contribution >= 4 is 24.0 Å². The molecule has 0 saturated heterocycles. The summed E-state index contributed by atoms with van der Waals surface area (Å²) in [5.74, 6) is 0.0535. The monoisotopic (exact) mass is 291 g/mol. The third kappa shape index (κ3) is 2.43. The van der Waals surface area contributed by atoms with Crippen LogP contribution in [0.4, 0.5) is 5.69 Å². The number of hydrogen-bond acceptors (Lipinski definition) is 2. The summed E-state index contributed by atoms with van der Waals surface area (Å²) in [5.41, 5.74) is 3.78. The lowest BCUT2D eigenvalue weighted by Gasteiger charge is -2.29. The molecule has 0 aliphatic carbocycles. The van der Waals surface area contributed by atoms with Crippen LogP contribution in [0.15, 0.2) is 30.5 Å². The molecule has 5 heteroatoms. The quantitative estimate of drug-likeness (QED) is 0.810. The fourth-order valence-corrected chi connectivity index (χ4v) is 2.70. The molecule has 0 radical (unpaired) electrons. The number of halogens is 1. The van der Waals surface area contributed by atoms with E-state index >= 15 is 0 Å². The van der Waals surface area contributed by atoms with Gasteiger partial charge in [-0.3, -0.25) is 9.48 Å². The van der Waals surface area contributed by atoms with Crippen molar-refractivity contribution in [2.24, 2.45) is 7.05 Å². The number of para-hydroxylation sites is 1. The Labute approximate surface area is 124 Å². The number of aryl methyl sites for hydroxylation is 3. The van der Waals surface area contributed by atoms with Crippen molar-refractivity contribution in [1.29, 1.82) is 0 Å². The van der Waals surface area contributed by atoms with Gasteiger partial charge in [-0.25, -0.2) is 0 Å². The van der Waals surface area contributed by atoms with Crippen LogP contribution in [0.2, 0.25) is 0 Å². The molecule has 1 aromatic carbocycles. The maximum Gasteiger partial charge on any atom is 0.261 e. The number of aromatic nitrogens is 2. The van der Waals surface area contributed by atoms with E-state index in [1.165, 1.54) is 5.56 Å². The Balaban J connectivity index is 0.00000147. The van der Waals surface area contributed by atoms with Gasteiger partial charge >= 0.3 is 0 Å². The van der Waals surface area contributed by atoms with Gasteiger partial charge in [0.1, 0.15) is 0 Å². The number of amides is 1. The standard InChI is InChI=1S/C15H17N3O.ClH/c1-11-13(10-17(2)16-11)15(19)18-9-5-7-12-6-3-4-8-14(12)18;/h3-4,6,8,10H,5,7,9H2,1-2H3;1H. The molecular formula is C15H18ClN3O. The van der Waals surface area contributed by atoms with Gasteiger partial charge < -0.3 is 4.90 Å². The molecule has 1 amide bonds. The summed E-state index contributed by atoms with van der Waals surface area (Å²) in [6.45, 7) is 2.66. The van der Waals surface area contributed by atoms with Crippen molar-refractivity contribution in [3.63, 3.8) is 0 Å². The molecule has 3 rings (SSSR count). The van der Waals surface area contributed by atoms with Gasteiger partial charge in [-0.15, -0.1) is 12.4 Å². The third-order valence-electron chi connectivity index (χ3n) is 3.60. The number of benzene rings is 1. The smallest absolute Gasteiger partial charge is 0.261 e. The van der Waals surface area contributed by atoms with E-state index in [-0.39, 0.29) is 18.3 Å². The zero-order chi connectivity index (χ0) is 13.4. The molecule has 0 atom stereocenters. The number of carbonyl (C=O) groups is 1. The first-order valence-corrected chi connectivity index (χ1v) is 6.57. The van der Waals surface area contributed by atoms with Gasteiger partial charge in [0.25, 0.3) is 5.91 Å². The number of carbonyl (C=O) groups excluding carboxylic acids is 1. The maximum atomic E-state index is 12.7. The molecule has 0 fully saturated rings. The average molecular weight is 292 g/mol.